The molecule has 7 heteroatoms. The Hall–Kier alpha value is -2.99. The van der Waals surface area contributed by atoms with E-state index >= 15 is 0 Å². The van der Waals surface area contributed by atoms with Crippen LogP contribution in [0.1, 0.15) is 29.9 Å². The highest BCUT2D eigenvalue weighted by atomic mass is 35.5. The monoisotopic (exact) mass is 414 g/mol. The summed E-state index contributed by atoms with van der Waals surface area (Å²) >= 11 is 6.03. The Balaban J connectivity index is 1.64. The Kier molecular flexibility index (Phi) is 7.14. The summed E-state index contributed by atoms with van der Waals surface area (Å²) in [6.45, 7) is 5.43. The summed E-state index contributed by atoms with van der Waals surface area (Å²) in [4.78, 5) is 16.6. The average Bonchev–Trinajstić information content (AvgIpc) is 3.20. The van der Waals surface area contributed by atoms with Gasteiger partial charge in [0.25, 0.3) is 5.91 Å². The van der Waals surface area contributed by atoms with Gasteiger partial charge >= 0.3 is 0 Å². The number of nitrogens with one attached hydrogen (secondary N) is 1. The van der Waals surface area contributed by atoms with Gasteiger partial charge in [-0.2, -0.15) is 0 Å². The van der Waals surface area contributed by atoms with Gasteiger partial charge in [0.2, 0.25) is 0 Å². The van der Waals surface area contributed by atoms with Gasteiger partial charge in [-0.25, -0.2) is 4.98 Å². The van der Waals surface area contributed by atoms with Gasteiger partial charge in [-0.3, -0.25) is 4.79 Å². The molecule has 3 aromatic rings. The molecule has 29 heavy (non-hydrogen) atoms. The van der Waals surface area contributed by atoms with E-state index in [0.717, 1.165) is 11.3 Å². The Labute approximate surface area is 174 Å². The van der Waals surface area contributed by atoms with E-state index in [9.17, 15) is 4.79 Å². The summed E-state index contributed by atoms with van der Waals surface area (Å²) in [5.74, 6) is 1.52. The number of rotatable bonds is 9. The van der Waals surface area contributed by atoms with Gasteiger partial charge < -0.3 is 19.2 Å². The highest BCUT2D eigenvalue weighted by Gasteiger charge is 2.18. The number of nitrogens with zero attached hydrogens (tertiary/aromatic N) is 1. The van der Waals surface area contributed by atoms with Gasteiger partial charge in [-0.05, 0) is 50.1 Å². The topological polar surface area (TPSA) is 73.6 Å². The zero-order chi connectivity index (χ0) is 20.6. The van der Waals surface area contributed by atoms with Crippen LogP contribution in [0, 0.1) is 0 Å². The van der Waals surface area contributed by atoms with Gasteiger partial charge in [0, 0.05) is 17.1 Å². The fraction of sp³-hybridized carbons (Fsp3) is 0.273. The molecule has 152 valence electrons. The SMILES string of the molecule is CCOc1ccc(CCNC(=O)c2ncoc2-c2cccc(Cl)c2)cc1OCC. The van der Waals surface area contributed by atoms with Crippen molar-refractivity contribution in [1.29, 1.82) is 0 Å². The number of oxazole rings is 1. The lowest BCUT2D eigenvalue weighted by atomic mass is 10.1. The summed E-state index contributed by atoms with van der Waals surface area (Å²) in [6.07, 6.45) is 1.90. The third-order valence-electron chi connectivity index (χ3n) is 4.18. The molecular formula is C22H23ClN2O4. The molecule has 1 aromatic heterocycles. The Morgan fingerprint density at radius 3 is 2.66 bits per heavy atom. The molecule has 1 amide bonds. The standard InChI is InChI=1S/C22H23ClN2O4/c1-3-27-18-9-8-15(12-19(18)28-4-2)10-11-24-22(26)20-21(29-14-25-20)16-6-5-7-17(23)13-16/h5-9,12-14H,3-4,10-11H2,1-2H3,(H,24,26). The van der Waals surface area contributed by atoms with E-state index in [0.29, 0.717) is 48.3 Å². The fourth-order valence-electron chi connectivity index (χ4n) is 2.90. The normalized spacial score (nSPS) is 10.6. The summed E-state index contributed by atoms with van der Waals surface area (Å²) in [6, 6.07) is 12.9. The molecule has 0 atom stereocenters. The predicted molar refractivity (Wildman–Crippen MR) is 112 cm³/mol. The molecule has 0 fully saturated rings. The van der Waals surface area contributed by atoms with Gasteiger partial charge in [0.05, 0.1) is 13.2 Å². The van der Waals surface area contributed by atoms with Crippen molar-refractivity contribution in [1.82, 2.24) is 10.3 Å². The van der Waals surface area contributed by atoms with Crippen LogP contribution in [0.4, 0.5) is 0 Å². The molecule has 6 nitrogen and oxygen atoms in total. The number of amides is 1. The first kappa shape index (κ1) is 20.7. The molecule has 0 saturated heterocycles. The van der Waals surface area contributed by atoms with Crippen molar-refractivity contribution >= 4 is 17.5 Å². The molecule has 0 radical (unpaired) electrons. The zero-order valence-electron chi connectivity index (χ0n) is 16.4. The molecule has 0 aliphatic heterocycles. The van der Waals surface area contributed by atoms with Crippen LogP contribution in [0.2, 0.25) is 5.02 Å². The largest absolute Gasteiger partial charge is 0.490 e. The first-order valence-corrected chi connectivity index (χ1v) is 9.86. The lowest BCUT2D eigenvalue weighted by Gasteiger charge is -2.12. The third kappa shape index (κ3) is 5.29. The van der Waals surface area contributed by atoms with Crippen molar-refractivity contribution in [3.8, 4) is 22.8 Å². The number of hydrogen-bond acceptors (Lipinski definition) is 5. The van der Waals surface area contributed by atoms with E-state index in [-0.39, 0.29) is 11.6 Å². The summed E-state index contributed by atoms with van der Waals surface area (Å²) in [5.41, 5.74) is 1.97. The minimum absolute atomic E-state index is 0.231. The Morgan fingerprint density at radius 2 is 1.90 bits per heavy atom. The van der Waals surface area contributed by atoms with Gasteiger partial charge in [0.15, 0.2) is 29.3 Å². The summed E-state index contributed by atoms with van der Waals surface area (Å²) in [5, 5.41) is 3.44. The minimum atomic E-state index is -0.301. The highest BCUT2D eigenvalue weighted by Crippen LogP contribution is 2.29. The third-order valence-corrected chi connectivity index (χ3v) is 4.41. The van der Waals surface area contributed by atoms with Crippen molar-refractivity contribution in [2.24, 2.45) is 0 Å². The van der Waals surface area contributed by atoms with Crippen molar-refractivity contribution in [3.63, 3.8) is 0 Å². The predicted octanol–water partition coefficient (Wildman–Crippen LogP) is 4.76. The van der Waals surface area contributed by atoms with Crippen molar-refractivity contribution in [2.75, 3.05) is 19.8 Å². The van der Waals surface area contributed by atoms with Crippen molar-refractivity contribution < 1.29 is 18.7 Å². The van der Waals surface area contributed by atoms with E-state index in [1.807, 2.05) is 38.1 Å². The smallest absolute Gasteiger partial charge is 0.273 e. The van der Waals surface area contributed by atoms with Crippen molar-refractivity contribution in [2.45, 2.75) is 20.3 Å². The summed E-state index contributed by atoms with van der Waals surface area (Å²) in [7, 11) is 0. The number of carbonyl (C=O) groups is 1. The molecule has 1 N–H and O–H groups in total. The fourth-order valence-corrected chi connectivity index (χ4v) is 3.09. The second-order valence-electron chi connectivity index (χ2n) is 6.19. The van der Waals surface area contributed by atoms with Crippen LogP contribution in [0.5, 0.6) is 11.5 Å². The molecular weight excluding hydrogens is 392 g/mol. The molecule has 0 aliphatic carbocycles. The zero-order valence-corrected chi connectivity index (χ0v) is 17.2. The van der Waals surface area contributed by atoms with Crippen LogP contribution in [-0.4, -0.2) is 30.6 Å². The maximum Gasteiger partial charge on any atom is 0.273 e. The number of carbonyl (C=O) groups excluding carboxylic acids is 1. The van der Waals surface area contributed by atoms with Crippen LogP contribution in [-0.2, 0) is 6.42 Å². The van der Waals surface area contributed by atoms with Crippen LogP contribution in [0.3, 0.4) is 0 Å². The van der Waals surface area contributed by atoms with E-state index in [4.69, 9.17) is 25.5 Å². The van der Waals surface area contributed by atoms with E-state index in [2.05, 4.69) is 10.3 Å². The quantitative estimate of drug-likeness (QED) is 0.546. The van der Waals surface area contributed by atoms with Gasteiger partial charge in [0.1, 0.15) is 0 Å². The van der Waals surface area contributed by atoms with Crippen LogP contribution in [0.25, 0.3) is 11.3 Å². The second kappa shape index (κ2) is 9.98. The van der Waals surface area contributed by atoms with Crippen LogP contribution >= 0.6 is 11.6 Å². The number of hydrogen-bond donors (Lipinski definition) is 1. The molecule has 0 saturated carbocycles. The number of aromatic nitrogens is 1. The molecule has 3 rings (SSSR count). The maximum atomic E-state index is 12.6. The van der Waals surface area contributed by atoms with E-state index in [1.54, 1.807) is 18.2 Å². The van der Waals surface area contributed by atoms with Crippen LogP contribution in [0.15, 0.2) is 53.3 Å². The molecule has 2 aromatic carbocycles. The van der Waals surface area contributed by atoms with Crippen LogP contribution < -0.4 is 14.8 Å². The average molecular weight is 415 g/mol. The summed E-state index contributed by atoms with van der Waals surface area (Å²) < 4.78 is 16.6. The Morgan fingerprint density at radius 1 is 1.10 bits per heavy atom. The van der Waals surface area contributed by atoms with Gasteiger partial charge in [-0.1, -0.05) is 29.8 Å². The number of benzene rings is 2. The molecule has 0 bridgehead atoms. The molecule has 0 aliphatic rings. The minimum Gasteiger partial charge on any atom is -0.490 e. The molecule has 0 spiro atoms. The second-order valence-corrected chi connectivity index (χ2v) is 6.63. The van der Waals surface area contributed by atoms with E-state index < -0.39 is 0 Å². The van der Waals surface area contributed by atoms with Crippen molar-refractivity contribution in [3.05, 3.63) is 65.1 Å². The first-order valence-electron chi connectivity index (χ1n) is 9.48. The molecule has 1 heterocycles. The molecule has 0 unspecified atom stereocenters. The number of ether oxygens (including phenoxy) is 2. The lowest BCUT2D eigenvalue weighted by Crippen LogP contribution is -2.26. The first-order chi connectivity index (χ1) is 14.1. The highest BCUT2D eigenvalue weighted by molar-refractivity contribution is 6.30. The Bertz CT molecular complexity index is 971. The lowest BCUT2D eigenvalue weighted by molar-refractivity contribution is 0.0950. The number of halogens is 1. The maximum absolute atomic E-state index is 12.6. The van der Waals surface area contributed by atoms with Gasteiger partial charge in [-0.15, -0.1) is 0 Å². The van der Waals surface area contributed by atoms with E-state index in [1.165, 1.54) is 6.39 Å².